The number of rotatable bonds is 8. The molecule has 1 aliphatic rings. The normalized spacial score (nSPS) is 13.4. The summed E-state index contributed by atoms with van der Waals surface area (Å²) in [6.45, 7) is 7.54. The lowest BCUT2D eigenvalue weighted by molar-refractivity contribution is -0.120. The molecular weight excluding hydrogens is 426 g/mol. The van der Waals surface area contributed by atoms with Crippen LogP contribution in [-0.4, -0.2) is 29.7 Å². The van der Waals surface area contributed by atoms with E-state index in [4.69, 9.17) is 9.47 Å². The molecule has 3 aromatic rings. The van der Waals surface area contributed by atoms with Crippen molar-refractivity contribution in [1.82, 2.24) is 4.90 Å². The number of piperidine rings is 1. The van der Waals surface area contributed by atoms with Crippen LogP contribution in [0.5, 0.6) is 11.5 Å². The van der Waals surface area contributed by atoms with Gasteiger partial charge in [0.25, 0.3) is 5.91 Å². The summed E-state index contributed by atoms with van der Waals surface area (Å²) < 4.78 is 12.3. The topological polar surface area (TPSA) is 55.8 Å². The molecule has 5 nitrogen and oxygen atoms in total. The molecule has 3 aromatic carbocycles. The minimum atomic E-state index is -0.146. The van der Waals surface area contributed by atoms with Gasteiger partial charge in [0.1, 0.15) is 30.5 Å². The van der Waals surface area contributed by atoms with Crippen molar-refractivity contribution in [2.75, 3.05) is 13.1 Å². The van der Waals surface area contributed by atoms with E-state index < -0.39 is 0 Å². The second-order valence-corrected chi connectivity index (χ2v) is 8.50. The zero-order chi connectivity index (χ0) is 23.9. The molecule has 0 saturated carbocycles. The maximum Gasteiger partial charge on any atom is 0.257 e. The fourth-order valence-electron chi connectivity index (χ4n) is 3.90. The van der Waals surface area contributed by atoms with Crippen molar-refractivity contribution in [2.24, 2.45) is 0 Å². The molecule has 1 amide bonds. The van der Waals surface area contributed by atoms with Gasteiger partial charge in [-0.15, -0.1) is 0 Å². The van der Waals surface area contributed by atoms with Crippen molar-refractivity contribution in [2.45, 2.75) is 33.0 Å². The minimum absolute atomic E-state index is 0.146. The molecule has 4 rings (SSSR count). The number of ketones is 1. The molecule has 0 aliphatic carbocycles. The molecule has 5 heteroatoms. The van der Waals surface area contributed by atoms with E-state index in [1.165, 1.54) is 0 Å². The summed E-state index contributed by atoms with van der Waals surface area (Å²) in [5.74, 6) is 1.12. The van der Waals surface area contributed by atoms with Crippen molar-refractivity contribution >= 4 is 17.3 Å². The van der Waals surface area contributed by atoms with E-state index in [1.54, 1.807) is 11.0 Å². The first kappa shape index (κ1) is 23.3. The highest BCUT2D eigenvalue weighted by molar-refractivity contribution is 5.99. The molecule has 0 radical (unpaired) electrons. The van der Waals surface area contributed by atoms with Crippen LogP contribution in [0.2, 0.25) is 0 Å². The van der Waals surface area contributed by atoms with Crippen LogP contribution >= 0.6 is 0 Å². The van der Waals surface area contributed by atoms with Crippen molar-refractivity contribution in [3.63, 3.8) is 0 Å². The third kappa shape index (κ3) is 5.73. The SMILES string of the molecule is C=C(C)c1cc(C(=O)N2CCC(=O)CC2)c(OCc2ccccc2)cc1OCc1ccccc1. The first-order valence-corrected chi connectivity index (χ1v) is 11.5. The van der Waals surface area contributed by atoms with Gasteiger partial charge >= 0.3 is 0 Å². The van der Waals surface area contributed by atoms with Crippen molar-refractivity contribution < 1.29 is 19.1 Å². The van der Waals surface area contributed by atoms with Crippen molar-refractivity contribution in [3.05, 3.63) is 102 Å². The highest BCUT2D eigenvalue weighted by Gasteiger charge is 2.26. The smallest absolute Gasteiger partial charge is 0.257 e. The Morgan fingerprint density at radius 3 is 1.82 bits per heavy atom. The van der Waals surface area contributed by atoms with E-state index in [2.05, 4.69) is 6.58 Å². The van der Waals surface area contributed by atoms with Gasteiger partial charge in [-0.2, -0.15) is 0 Å². The van der Waals surface area contributed by atoms with Gasteiger partial charge in [-0.3, -0.25) is 9.59 Å². The van der Waals surface area contributed by atoms with E-state index in [0.29, 0.717) is 56.2 Å². The van der Waals surface area contributed by atoms with Gasteiger partial charge in [0.15, 0.2) is 0 Å². The lowest BCUT2D eigenvalue weighted by Gasteiger charge is -2.27. The Morgan fingerprint density at radius 2 is 1.32 bits per heavy atom. The fraction of sp³-hybridized carbons (Fsp3) is 0.241. The van der Waals surface area contributed by atoms with Crippen molar-refractivity contribution in [1.29, 1.82) is 0 Å². The Hall–Kier alpha value is -3.86. The molecule has 0 spiro atoms. The van der Waals surface area contributed by atoms with Crippen LogP contribution in [0.25, 0.3) is 5.57 Å². The molecule has 1 heterocycles. The van der Waals surface area contributed by atoms with Crippen molar-refractivity contribution in [3.8, 4) is 11.5 Å². The zero-order valence-corrected chi connectivity index (χ0v) is 19.5. The third-order valence-electron chi connectivity index (χ3n) is 5.85. The van der Waals surface area contributed by atoms with Gasteiger partial charge in [-0.25, -0.2) is 0 Å². The maximum absolute atomic E-state index is 13.5. The number of ether oxygens (including phenoxy) is 2. The average molecular weight is 456 g/mol. The van der Waals surface area contributed by atoms with Crippen LogP contribution in [0.15, 0.2) is 79.4 Å². The zero-order valence-electron chi connectivity index (χ0n) is 19.5. The van der Waals surface area contributed by atoms with Gasteiger partial charge in [-0.05, 0) is 29.7 Å². The fourth-order valence-corrected chi connectivity index (χ4v) is 3.90. The predicted molar refractivity (Wildman–Crippen MR) is 133 cm³/mol. The first-order chi connectivity index (χ1) is 16.5. The Bertz CT molecular complexity index is 1160. The molecular formula is C29H29NO4. The van der Waals surface area contributed by atoms with Crippen LogP contribution < -0.4 is 9.47 Å². The molecule has 34 heavy (non-hydrogen) atoms. The quantitative estimate of drug-likeness (QED) is 0.438. The highest BCUT2D eigenvalue weighted by atomic mass is 16.5. The van der Waals surface area contributed by atoms with Gasteiger partial charge in [0, 0.05) is 37.6 Å². The van der Waals surface area contributed by atoms with Gasteiger partial charge in [-0.1, -0.05) is 67.2 Å². The summed E-state index contributed by atoms with van der Waals surface area (Å²) in [5, 5.41) is 0. The lowest BCUT2D eigenvalue weighted by Crippen LogP contribution is -2.38. The number of benzene rings is 3. The number of Topliss-reactive ketones (excluding diaryl/α,β-unsaturated/α-hetero) is 1. The number of nitrogens with zero attached hydrogens (tertiary/aromatic N) is 1. The molecule has 174 valence electrons. The summed E-state index contributed by atoms with van der Waals surface area (Å²) in [4.78, 5) is 26.9. The number of hydrogen-bond acceptors (Lipinski definition) is 4. The summed E-state index contributed by atoms with van der Waals surface area (Å²) in [6, 6.07) is 23.3. The van der Waals surface area contributed by atoms with Crippen LogP contribution in [-0.2, 0) is 18.0 Å². The lowest BCUT2D eigenvalue weighted by atomic mass is 10.0. The van der Waals surface area contributed by atoms with Gasteiger partial charge < -0.3 is 14.4 Å². The molecule has 0 atom stereocenters. The van der Waals surface area contributed by atoms with Gasteiger partial charge in [0.2, 0.25) is 0 Å². The number of carbonyl (C=O) groups is 2. The molecule has 1 fully saturated rings. The van der Waals surface area contributed by atoms with Crippen LogP contribution in [0, 0.1) is 0 Å². The second-order valence-electron chi connectivity index (χ2n) is 8.50. The first-order valence-electron chi connectivity index (χ1n) is 11.5. The second kappa shape index (κ2) is 10.8. The number of carbonyl (C=O) groups excluding carboxylic acids is 2. The standard InChI is InChI=1S/C29H29NO4/c1-21(2)25-17-26(29(32)30-15-13-24(31)14-16-30)28(34-20-23-11-7-4-8-12-23)18-27(25)33-19-22-9-5-3-6-10-22/h3-12,17-18H,1,13-16,19-20H2,2H3. The highest BCUT2D eigenvalue weighted by Crippen LogP contribution is 2.35. The monoisotopic (exact) mass is 455 g/mol. The summed E-state index contributed by atoms with van der Waals surface area (Å²) in [7, 11) is 0. The Labute approximate surface area is 200 Å². The molecule has 1 aliphatic heterocycles. The minimum Gasteiger partial charge on any atom is -0.488 e. The number of likely N-dealkylation sites (tertiary alicyclic amines) is 1. The average Bonchev–Trinajstić information content (AvgIpc) is 2.87. The predicted octanol–water partition coefficient (Wildman–Crippen LogP) is 5.68. The summed E-state index contributed by atoms with van der Waals surface area (Å²) >= 11 is 0. The Morgan fingerprint density at radius 1 is 0.824 bits per heavy atom. The molecule has 1 saturated heterocycles. The van der Waals surface area contributed by atoms with E-state index >= 15 is 0 Å². The number of allylic oxidation sites excluding steroid dienone is 1. The Kier molecular flexibility index (Phi) is 7.43. The van der Waals surface area contributed by atoms with E-state index in [-0.39, 0.29) is 11.7 Å². The summed E-state index contributed by atoms with van der Waals surface area (Å²) in [6.07, 6.45) is 0.773. The number of hydrogen-bond donors (Lipinski definition) is 0. The third-order valence-corrected chi connectivity index (χ3v) is 5.85. The summed E-state index contributed by atoms with van der Waals surface area (Å²) in [5.41, 5.74) is 4.05. The Balaban J connectivity index is 1.66. The van der Waals surface area contributed by atoms with E-state index in [0.717, 1.165) is 22.3 Å². The van der Waals surface area contributed by atoms with Crippen LogP contribution in [0.3, 0.4) is 0 Å². The molecule has 0 N–H and O–H groups in total. The van der Waals surface area contributed by atoms with Crippen LogP contribution in [0.1, 0.15) is 46.8 Å². The van der Waals surface area contributed by atoms with E-state index in [1.807, 2.05) is 73.7 Å². The largest absolute Gasteiger partial charge is 0.488 e. The maximum atomic E-state index is 13.5. The van der Waals surface area contributed by atoms with Gasteiger partial charge in [0.05, 0.1) is 5.56 Å². The van der Waals surface area contributed by atoms with E-state index in [9.17, 15) is 9.59 Å². The van der Waals surface area contributed by atoms with Crippen LogP contribution in [0.4, 0.5) is 0 Å². The number of amides is 1. The molecule has 0 unspecified atom stereocenters. The molecule has 0 bridgehead atoms. The molecule has 0 aromatic heterocycles.